The van der Waals surface area contributed by atoms with Gasteiger partial charge in [0.05, 0.1) is 12.4 Å². The van der Waals surface area contributed by atoms with Crippen molar-refractivity contribution in [1.29, 1.82) is 0 Å². The summed E-state index contributed by atoms with van der Waals surface area (Å²) in [6.07, 6.45) is 6.09. The molecule has 0 amide bonds. The number of aromatic nitrogens is 8. The molecule has 3 aromatic heterocycles. The van der Waals surface area contributed by atoms with Crippen LogP contribution in [0.1, 0.15) is 25.2 Å². The number of rotatable bonds is 3. The molecule has 0 saturated heterocycles. The number of imidazole rings is 1. The van der Waals surface area contributed by atoms with Crippen molar-refractivity contribution in [2.75, 3.05) is 11.5 Å². The molecule has 3 aromatic rings. The quantitative estimate of drug-likeness (QED) is 0.353. The van der Waals surface area contributed by atoms with Gasteiger partial charge in [0.2, 0.25) is 11.9 Å². The molecule has 0 fully saturated rings. The van der Waals surface area contributed by atoms with Gasteiger partial charge in [-0.1, -0.05) is 6.92 Å². The molecule has 0 aromatic carbocycles. The molecule has 1 unspecified atom stereocenters. The van der Waals surface area contributed by atoms with Gasteiger partial charge in [0.1, 0.15) is 0 Å². The van der Waals surface area contributed by atoms with E-state index in [9.17, 15) is 14.4 Å². The summed E-state index contributed by atoms with van der Waals surface area (Å²) < 4.78 is 1.91. The zero-order valence-electron chi connectivity index (χ0n) is 13.1. The summed E-state index contributed by atoms with van der Waals surface area (Å²) in [7, 11) is 0. The molecule has 0 saturated carbocycles. The Labute approximate surface area is 139 Å². The Hall–Kier alpha value is -3.77. The Morgan fingerprint density at radius 1 is 1.00 bits per heavy atom. The van der Waals surface area contributed by atoms with E-state index in [1.807, 2.05) is 17.7 Å². The van der Waals surface area contributed by atoms with Gasteiger partial charge >= 0.3 is 17.1 Å². The molecule has 7 N–H and O–H groups in total. The van der Waals surface area contributed by atoms with Crippen LogP contribution in [0.4, 0.5) is 11.9 Å². The fraction of sp³-hybridized carbons (Fsp3) is 0.250. The first-order valence-electron chi connectivity index (χ1n) is 7.06. The van der Waals surface area contributed by atoms with Gasteiger partial charge < -0.3 is 16.0 Å². The number of aromatic amines is 3. The number of nitrogens with two attached hydrogens (primary N) is 2. The summed E-state index contributed by atoms with van der Waals surface area (Å²) in [5.41, 5.74) is 8.67. The van der Waals surface area contributed by atoms with Crippen molar-refractivity contribution in [2.24, 2.45) is 0 Å². The second-order valence-electron chi connectivity index (χ2n) is 4.71. The molecule has 25 heavy (non-hydrogen) atoms. The SMILES string of the molecule is CCC(c1nc(N)nc(N)n1)n1ccnc1.O=c1[nH]c(=O)[nH]c(=O)[nH]1. The minimum atomic E-state index is -0.802. The van der Waals surface area contributed by atoms with Crippen LogP contribution in [0.3, 0.4) is 0 Å². The number of hydrogen-bond donors (Lipinski definition) is 5. The Morgan fingerprint density at radius 3 is 1.92 bits per heavy atom. The van der Waals surface area contributed by atoms with E-state index in [-0.39, 0.29) is 17.9 Å². The Kier molecular flexibility index (Phi) is 5.39. The molecule has 3 rings (SSSR count). The van der Waals surface area contributed by atoms with Gasteiger partial charge in [-0.15, -0.1) is 0 Å². The standard InChI is InChI=1S/C9H13N7.C3H3N3O3/c1-2-6(16-4-3-12-5-16)7-13-8(10)15-9(11)14-7;7-1-4-2(8)6-3(9)5-1/h3-6H,2H2,1H3,(H4,10,11,13,14,15);(H3,4,5,6,7,8,9). The van der Waals surface area contributed by atoms with E-state index in [0.717, 1.165) is 6.42 Å². The first-order valence-corrected chi connectivity index (χ1v) is 7.06. The van der Waals surface area contributed by atoms with Crippen LogP contribution in [0.15, 0.2) is 33.1 Å². The van der Waals surface area contributed by atoms with Crippen molar-refractivity contribution >= 4 is 11.9 Å². The lowest BCUT2D eigenvalue weighted by Gasteiger charge is -2.14. The molecular formula is C12H16N10O3. The van der Waals surface area contributed by atoms with E-state index in [1.165, 1.54) is 0 Å². The lowest BCUT2D eigenvalue weighted by molar-refractivity contribution is 0.534. The molecule has 0 aliphatic carbocycles. The van der Waals surface area contributed by atoms with E-state index in [2.05, 4.69) is 19.9 Å². The zero-order valence-corrected chi connectivity index (χ0v) is 13.1. The maximum absolute atomic E-state index is 10.2. The van der Waals surface area contributed by atoms with Crippen LogP contribution >= 0.6 is 0 Å². The van der Waals surface area contributed by atoms with Crippen molar-refractivity contribution in [2.45, 2.75) is 19.4 Å². The Balaban J connectivity index is 0.000000212. The minimum Gasteiger partial charge on any atom is -0.368 e. The van der Waals surface area contributed by atoms with Gasteiger partial charge in [-0.2, -0.15) is 15.0 Å². The third kappa shape index (κ3) is 4.85. The Morgan fingerprint density at radius 2 is 1.52 bits per heavy atom. The van der Waals surface area contributed by atoms with Crippen LogP contribution in [0.5, 0.6) is 0 Å². The highest BCUT2D eigenvalue weighted by molar-refractivity contribution is 5.26. The number of anilines is 2. The fourth-order valence-corrected chi connectivity index (χ4v) is 1.96. The molecule has 13 heteroatoms. The summed E-state index contributed by atoms with van der Waals surface area (Å²) in [5, 5.41) is 0. The lowest BCUT2D eigenvalue weighted by atomic mass is 10.2. The van der Waals surface area contributed by atoms with Crippen LogP contribution in [-0.2, 0) is 0 Å². The highest BCUT2D eigenvalue weighted by atomic mass is 16.2. The van der Waals surface area contributed by atoms with E-state index in [1.54, 1.807) is 27.5 Å². The second kappa shape index (κ2) is 7.67. The highest BCUT2D eigenvalue weighted by Crippen LogP contribution is 2.18. The summed E-state index contributed by atoms with van der Waals surface area (Å²) in [5.74, 6) is 0.840. The number of nitrogens with one attached hydrogen (secondary N) is 3. The van der Waals surface area contributed by atoms with Crippen LogP contribution in [0.25, 0.3) is 0 Å². The van der Waals surface area contributed by atoms with Crippen molar-refractivity contribution in [1.82, 2.24) is 39.5 Å². The normalized spacial score (nSPS) is 11.4. The van der Waals surface area contributed by atoms with Crippen molar-refractivity contribution in [3.8, 4) is 0 Å². The smallest absolute Gasteiger partial charge is 0.330 e. The van der Waals surface area contributed by atoms with Gasteiger partial charge in [-0.25, -0.2) is 19.4 Å². The van der Waals surface area contributed by atoms with Crippen molar-refractivity contribution in [3.05, 3.63) is 56.0 Å². The number of hydrogen-bond acceptors (Lipinski definition) is 9. The predicted molar refractivity (Wildman–Crippen MR) is 87.6 cm³/mol. The molecule has 0 radical (unpaired) electrons. The number of H-pyrrole nitrogens is 3. The average molecular weight is 348 g/mol. The third-order valence-electron chi connectivity index (χ3n) is 2.94. The van der Waals surface area contributed by atoms with Gasteiger partial charge in [0, 0.05) is 12.4 Å². The van der Waals surface area contributed by atoms with Gasteiger partial charge in [-0.3, -0.25) is 15.0 Å². The minimum absolute atomic E-state index is 0.0184. The van der Waals surface area contributed by atoms with E-state index < -0.39 is 17.1 Å². The average Bonchev–Trinajstić information content (AvgIpc) is 3.00. The zero-order chi connectivity index (χ0) is 18.4. The van der Waals surface area contributed by atoms with Crippen molar-refractivity contribution in [3.63, 3.8) is 0 Å². The van der Waals surface area contributed by atoms with E-state index >= 15 is 0 Å². The van der Waals surface area contributed by atoms with Crippen LogP contribution in [0.2, 0.25) is 0 Å². The van der Waals surface area contributed by atoms with Gasteiger partial charge in [0.15, 0.2) is 5.82 Å². The van der Waals surface area contributed by atoms with Crippen molar-refractivity contribution < 1.29 is 0 Å². The fourth-order valence-electron chi connectivity index (χ4n) is 1.96. The molecule has 0 spiro atoms. The van der Waals surface area contributed by atoms with Gasteiger partial charge in [-0.05, 0) is 6.42 Å². The van der Waals surface area contributed by atoms with Crippen LogP contribution in [-0.4, -0.2) is 39.5 Å². The van der Waals surface area contributed by atoms with Crippen LogP contribution < -0.4 is 28.5 Å². The monoisotopic (exact) mass is 348 g/mol. The van der Waals surface area contributed by atoms with Gasteiger partial charge in [0.25, 0.3) is 0 Å². The molecular weight excluding hydrogens is 332 g/mol. The first kappa shape index (κ1) is 17.6. The molecule has 0 aliphatic heterocycles. The second-order valence-corrected chi connectivity index (χ2v) is 4.71. The summed E-state index contributed by atoms with van der Waals surface area (Å²) >= 11 is 0. The first-order chi connectivity index (χ1) is 11.9. The topological polar surface area (TPSA) is 207 Å². The maximum Gasteiger partial charge on any atom is 0.330 e. The predicted octanol–water partition coefficient (Wildman–Crippen LogP) is -2.02. The molecule has 0 bridgehead atoms. The summed E-state index contributed by atoms with van der Waals surface area (Å²) in [4.78, 5) is 51.8. The molecule has 1 atom stereocenters. The molecule has 13 nitrogen and oxygen atoms in total. The maximum atomic E-state index is 10.2. The molecule has 0 aliphatic rings. The molecule has 3 heterocycles. The largest absolute Gasteiger partial charge is 0.368 e. The van der Waals surface area contributed by atoms with E-state index in [4.69, 9.17) is 11.5 Å². The van der Waals surface area contributed by atoms with E-state index in [0.29, 0.717) is 5.82 Å². The summed E-state index contributed by atoms with van der Waals surface area (Å²) in [6, 6.07) is -0.0184. The lowest BCUT2D eigenvalue weighted by Crippen LogP contribution is -2.34. The Bertz CT molecular complexity index is 888. The molecule has 132 valence electrons. The number of nitrogen functional groups attached to an aromatic ring is 2. The highest BCUT2D eigenvalue weighted by Gasteiger charge is 2.15. The third-order valence-corrected chi connectivity index (χ3v) is 2.94. The van der Waals surface area contributed by atoms with Crippen LogP contribution in [0, 0.1) is 0 Å². The number of nitrogens with zero attached hydrogens (tertiary/aromatic N) is 5. The summed E-state index contributed by atoms with van der Waals surface area (Å²) in [6.45, 7) is 2.03.